The topological polar surface area (TPSA) is 72.2 Å². The van der Waals surface area contributed by atoms with Gasteiger partial charge in [-0.3, -0.25) is 14.9 Å². The van der Waals surface area contributed by atoms with Crippen molar-refractivity contribution in [3.63, 3.8) is 0 Å². The summed E-state index contributed by atoms with van der Waals surface area (Å²) in [5.74, 6) is -1.02. The molecular weight excluding hydrogens is 383 g/mol. The van der Waals surface area contributed by atoms with E-state index in [0.717, 1.165) is 23.1 Å². The van der Waals surface area contributed by atoms with E-state index in [1.54, 1.807) is 17.5 Å². The summed E-state index contributed by atoms with van der Waals surface area (Å²) in [5, 5.41) is 14.8. The Morgan fingerprint density at radius 3 is 2.90 bits per heavy atom. The number of rotatable bonds is 5. The molecule has 0 aliphatic heterocycles. The molecule has 0 atom stereocenters. The maximum atomic E-state index is 13.6. The highest BCUT2D eigenvalue weighted by molar-refractivity contribution is 9.10. The Hall–Kier alpha value is -1.45. The van der Waals surface area contributed by atoms with Crippen molar-refractivity contribution in [1.29, 1.82) is 0 Å². The van der Waals surface area contributed by atoms with Gasteiger partial charge < -0.3 is 5.32 Å². The summed E-state index contributed by atoms with van der Waals surface area (Å²) in [5.41, 5.74) is 0.0728. The van der Waals surface area contributed by atoms with Crippen molar-refractivity contribution in [1.82, 2.24) is 0 Å². The van der Waals surface area contributed by atoms with Crippen LogP contribution in [-0.2, 0) is 4.79 Å². The fourth-order valence-electron chi connectivity index (χ4n) is 1.45. The highest BCUT2D eigenvalue weighted by atomic mass is 79.9. The van der Waals surface area contributed by atoms with E-state index in [-0.39, 0.29) is 16.4 Å². The molecule has 1 aromatic heterocycles. The molecule has 9 heteroatoms. The number of hydrogen-bond acceptors (Lipinski definition) is 5. The molecule has 5 nitrogen and oxygen atoms in total. The van der Waals surface area contributed by atoms with Gasteiger partial charge in [0.05, 0.1) is 21.3 Å². The van der Waals surface area contributed by atoms with Crippen LogP contribution in [0.15, 0.2) is 39.0 Å². The Morgan fingerprint density at radius 1 is 1.48 bits per heavy atom. The van der Waals surface area contributed by atoms with E-state index in [4.69, 9.17) is 0 Å². The number of halogens is 2. The fraction of sp³-hybridized carbons (Fsp3) is 0.0833. The van der Waals surface area contributed by atoms with Crippen LogP contribution in [0, 0.1) is 15.9 Å². The van der Waals surface area contributed by atoms with Crippen molar-refractivity contribution in [2.75, 3.05) is 11.1 Å². The third-order valence-corrected chi connectivity index (χ3v) is 4.87. The van der Waals surface area contributed by atoms with Crippen LogP contribution >= 0.6 is 39.0 Å². The molecule has 1 amide bonds. The number of carbonyl (C=O) groups is 1. The van der Waals surface area contributed by atoms with E-state index in [1.807, 2.05) is 0 Å². The van der Waals surface area contributed by atoms with E-state index < -0.39 is 16.6 Å². The van der Waals surface area contributed by atoms with Gasteiger partial charge in [-0.2, -0.15) is 0 Å². The number of hydrogen-bond donors (Lipinski definition) is 1. The molecule has 0 bridgehead atoms. The summed E-state index contributed by atoms with van der Waals surface area (Å²) in [7, 11) is 0. The average Bonchev–Trinajstić information content (AvgIpc) is 2.88. The van der Waals surface area contributed by atoms with Gasteiger partial charge in [-0.05, 0) is 29.6 Å². The molecule has 0 aliphatic rings. The number of carbonyl (C=O) groups excluding carboxylic acids is 1. The minimum atomic E-state index is -0.552. The SMILES string of the molecule is O=C(CSc1ccsc1[N+](=O)[O-])Nc1ccc(Br)cc1F. The smallest absolute Gasteiger partial charge is 0.323 e. The summed E-state index contributed by atoms with van der Waals surface area (Å²) < 4.78 is 14.1. The van der Waals surface area contributed by atoms with Crippen LogP contribution < -0.4 is 5.32 Å². The fourth-order valence-corrected chi connectivity index (χ4v) is 3.52. The predicted octanol–water partition coefficient (Wildman–Crippen LogP) is 4.29. The Labute approximate surface area is 135 Å². The minimum Gasteiger partial charge on any atom is -0.323 e. The highest BCUT2D eigenvalue weighted by Crippen LogP contribution is 2.34. The zero-order valence-corrected chi connectivity index (χ0v) is 13.6. The van der Waals surface area contributed by atoms with E-state index in [9.17, 15) is 19.3 Å². The van der Waals surface area contributed by atoms with Crippen molar-refractivity contribution in [3.8, 4) is 0 Å². The van der Waals surface area contributed by atoms with Gasteiger partial charge in [0.15, 0.2) is 0 Å². The lowest BCUT2D eigenvalue weighted by atomic mass is 10.3. The molecule has 2 rings (SSSR count). The van der Waals surface area contributed by atoms with Crippen LogP contribution in [0.2, 0.25) is 0 Å². The van der Waals surface area contributed by atoms with Crippen LogP contribution in [0.3, 0.4) is 0 Å². The summed E-state index contributed by atoms with van der Waals surface area (Å²) >= 11 is 5.17. The van der Waals surface area contributed by atoms with Crippen molar-refractivity contribution < 1.29 is 14.1 Å². The predicted molar refractivity (Wildman–Crippen MR) is 84.4 cm³/mol. The van der Waals surface area contributed by atoms with Crippen LogP contribution in [0.5, 0.6) is 0 Å². The third kappa shape index (κ3) is 4.26. The number of nitrogens with zero attached hydrogens (tertiary/aromatic N) is 1. The second kappa shape index (κ2) is 7.01. The molecule has 2 aromatic rings. The number of thiophene rings is 1. The average molecular weight is 391 g/mol. The van der Waals surface area contributed by atoms with Gasteiger partial charge in [-0.1, -0.05) is 27.3 Å². The first kappa shape index (κ1) is 15.9. The van der Waals surface area contributed by atoms with Crippen molar-refractivity contribution >= 4 is 55.6 Å². The van der Waals surface area contributed by atoms with Crippen molar-refractivity contribution in [2.24, 2.45) is 0 Å². The lowest BCUT2D eigenvalue weighted by Crippen LogP contribution is -2.15. The molecule has 0 saturated heterocycles. The molecule has 0 spiro atoms. The number of anilines is 1. The van der Waals surface area contributed by atoms with Crippen molar-refractivity contribution in [3.05, 3.63) is 50.0 Å². The standard InChI is InChI=1S/C12H8BrFN2O3S2/c13-7-1-2-9(8(14)5-7)15-11(17)6-21-10-3-4-20-12(10)16(18)19/h1-5H,6H2,(H,15,17). The molecule has 110 valence electrons. The Morgan fingerprint density at radius 2 is 2.24 bits per heavy atom. The molecule has 1 aromatic carbocycles. The molecule has 0 unspecified atom stereocenters. The number of benzene rings is 1. The molecule has 21 heavy (non-hydrogen) atoms. The molecule has 0 aliphatic carbocycles. The van der Waals surface area contributed by atoms with Crippen LogP contribution in [-0.4, -0.2) is 16.6 Å². The van der Waals surface area contributed by atoms with E-state index >= 15 is 0 Å². The molecule has 0 fully saturated rings. The van der Waals surface area contributed by atoms with E-state index in [0.29, 0.717) is 9.37 Å². The van der Waals surface area contributed by atoms with Gasteiger partial charge in [0.1, 0.15) is 5.82 Å². The van der Waals surface area contributed by atoms with Gasteiger partial charge in [0.25, 0.3) is 0 Å². The highest BCUT2D eigenvalue weighted by Gasteiger charge is 2.17. The monoisotopic (exact) mass is 390 g/mol. The third-order valence-electron chi connectivity index (χ3n) is 2.34. The second-order valence-corrected chi connectivity index (χ2v) is 6.64. The number of nitro groups is 1. The lowest BCUT2D eigenvalue weighted by molar-refractivity contribution is -0.382. The van der Waals surface area contributed by atoms with Gasteiger partial charge in [0, 0.05) is 4.47 Å². The first-order valence-corrected chi connectivity index (χ1v) is 8.23. The van der Waals surface area contributed by atoms with Crippen LogP contribution in [0.4, 0.5) is 15.1 Å². The second-order valence-electron chi connectivity index (χ2n) is 3.81. The van der Waals surface area contributed by atoms with E-state index in [1.165, 1.54) is 12.1 Å². The largest absolute Gasteiger partial charge is 0.337 e. The normalized spacial score (nSPS) is 10.4. The molecule has 0 saturated carbocycles. The number of nitrogens with one attached hydrogen (secondary N) is 1. The zero-order valence-electron chi connectivity index (χ0n) is 10.3. The first-order chi connectivity index (χ1) is 9.97. The summed E-state index contributed by atoms with van der Waals surface area (Å²) in [4.78, 5) is 22.4. The van der Waals surface area contributed by atoms with Gasteiger partial charge in [-0.15, -0.1) is 11.8 Å². The zero-order chi connectivity index (χ0) is 15.4. The minimum absolute atomic E-state index is 0.00243. The van der Waals surface area contributed by atoms with E-state index in [2.05, 4.69) is 21.2 Å². The molecule has 1 heterocycles. The summed E-state index contributed by atoms with van der Waals surface area (Å²) in [6, 6.07) is 5.87. The molecule has 1 N–H and O–H groups in total. The Balaban J connectivity index is 1.96. The van der Waals surface area contributed by atoms with Crippen molar-refractivity contribution in [2.45, 2.75) is 4.90 Å². The van der Waals surface area contributed by atoms with Crippen LogP contribution in [0.1, 0.15) is 0 Å². The van der Waals surface area contributed by atoms with Gasteiger partial charge in [0.2, 0.25) is 5.91 Å². The van der Waals surface area contributed by atoms with Crippen LogP contribution in [0.25, 0.3) is 0 Å². The molecular formula is C12H8BrFN2O3S2. The summed E-state index contributed by atoms with van der Waals surface area (Å²) in [6.07, 6.45) is 0. The number of amides is 1. The summed E-state index contributed by atoms with van der Waals surface area (Å²) in [6.45, 7) is 0. The Kier molecular flexibility index (Phi) is 5.32. The first-order valence-electron chi connectivity index (χ1n) is 5.57. The lowest BCUT2D eigenvalue weighted by Gasteiger charge is -2.06. The number of thioether (sulfide) groups is 1. The maximum absolute atomic E-state index is 13.6. The Bertz CT molecular complexity index is 693. The van der Waals surface area contributed by atoms with Gasteiger partial charge in [-0.25, -0.2) is 4.39 Å². The van der Waals surface area contributed by atoms with Gasteiger partial charge >= 0.3 is 5.00 Å². The molecule has 0 radical (unpaired) electrons. The quantitative estimate of drug-likeness (QED) is 0.469. The maximum Gasteiger partial charge on any atom is 0.337 e.